The number of nitrogens with one attached hydrogen (secondary N) is 3. The molecule has 0 spiro atoms. The van der Waals surface area contributed by atoms with Gasteiger partial charge in [-0.2, -0.15) is 0 Å². The Bertz CT molecular complexity index is 1580. The molecular weight excluding hydrogens is 492 g/mol. The van der Waals surface area contributed by atoms with Gasteiger partial charge in [0.05, 0.1) is 13.5 Å². The molecule has 3 aliphatic heterocycles. The summed E-state index contributed by atoms with van der Waals surface area (Å²) in [7, 11) is 1.52. The highest BCUT2D eigenvalue weighted by atomic mass is 16.5. The molecule has 3 N–H and O–H groups in total. The summed E-state index contributed by atoms with van der Waals surface area (Å²) in [5.74, 6) is -0.939. The van der Waals surface area contributed by atoms with E-state index in [1.54, 1.807) is 43.3 Å². The fraction of sp³-hybridized carbons (Fsp3) is 0.296. The van der Waals surface area contributed by atoms with E-state index in [1.807, 2.05) is 6.07 Å². The normalized spacial score (nSPS) is 24.6. The molecule has 0 bridgehead atoms. The summed E-state index contributed by atoms with van der Waals surface area (Å²) in [4.78, 5) is 65.0. The van der Waals surface area contributed by atoms with Crippen LogP contribution in [-0.4, -0.2) is 48.2 Å². The van der Waals surface area contributed by atoms with Gasteiger partial charge in [0.1, 0.15) is 28.0 Å². The lowest BCUT2D eigenvalue weighted by molar-refractivity contribution is -0.127. The third-order valence-electron chi connectivity index (χ3n) is 7.76. The fourth-order valence-corrected chi connectivity index (χ4v) is 5.66. The largest absolute Gasteiger partial charge is 0.497 e. The molecule has 2 aromatic carbocycles. The molecule has 3 aromatic rings. The van der Waals surface area contributed by atoms with E-state index in [0.717, 1.165) is 5.56 Å². The fourth-order valence-electron chi connectivity index (χ4n) is 5.66. The molecule has 0 aliphatic carbocycles. The van der Waals surface area contributed by atoms with Crippen molar-refractivity contribution in [3.8, 4) is 5.75 Å². The summed E-state index contributed by atoms with van der Waals surface area (Å²) in [6.07, 6.45) is 0.142. The van der Waals surface area contributed by atoms with Gasteiger partial charge in [-0.1, -0.05) is 19.1 Å². The van der Waals surface area contributed by atoms with Gasteiger partial charge in [-0.3, -0.25) is 29.8 Å². The van der Waals surface area contributed by atoms with Crippen LogP contribution < -0.4 is 20.7 Å². The molecule has 2 atom stereocenters. The number of rotatable bonds is 6. The van der Waals surface area contributed by atoms with Gasteiger partial charge in [0.2, 0.25) is 11.8 Å². The van der Waals surface area contributed by atoms with Crippen LogP contribution in [0.2, 0.25) is 0 Å². The molecule has 1 aromatic heterocycles. The zero-order valence-electron chi connectivity index (χ0n) is 20.7. The first-order chi connectivity index (χ1) is 18.2. The quantitative estimate of drug-likeness (QED) is 0.335. The predicted octanol–water partition coefficient (Wildman–Crippen LogP) is 1.83. The highest BCUT2D eigenvalue weighted by Crippen LogP contribution is 2.40. The van der Waals surface area contributed by atoms with E-state index in [4.69, 9.17) is 9.15 Å². The number of imide groups is 2. The minimum absolute atomic E-state index is 0.0650. The SMILES string of the molecule is CCC1(c2ccc3oc([C@]4(CN5Cc6ccc(OC)cc6C5=O)CC(=O)NC4=O)cc3c2)NC(=O)NC1=O. The number of furan rings is 1. The Labute approximate surface area is 216 Å². The molecule has 2 fully saturated rings. The number of benzene rings is 2. The van der Waals surface area contributed by atoms with E-state index in [2.05, 4.69) is 16.0 Å². The molecule has 2 saturated heterocycles. The number of nitrogens with zero attached hydrogens (tertiary/aromatic N) is 1. The van der Waals surface area contributed by atoms with Gasteiger partial charge in [0.15, 0.2) is 0 Å². The molecule has 6 rings (SSSR count). The Hall–Kier alpha value is -4.67. The number of hydrogen-bond acceptors (Lipinski definition) is 7. The molecule has 3 aliphatic rings. The lowest BCUT2D eigenvalue weighted by Gasteiger charge is -2.28. The van der Waals surface area contributed by atoms with Crippen molar-refractivity contribution in [2.75, 3.05) is 13.7 Å². The van der Waals surface area contributed by atoms with E-state index in [-0.39, 0.29) is 31.2 Å². The van der Waals surface area contributed by atoms with Crippen LogP contribution in [0.15, 0.2) is 46.9 Å². The van der Waals surface area contributed by atoms with Crippen LogP contribution in [0.4, 0.5) is 4.79 Å². The Morgan fingerprint density at radius 2 is 1.82 bits per heavy atom. The molecule has 194 valence electrons. The first kappa shape index (κ1) is 23.7. The minimum atomic E-state index is -1.43. The van der Waals surface area contributed by atoms with E-state index in [1.165, 1.54) is 12.0 Å². The van der Waals surface area contributed by atoms with E-state index < -0.39 is 34.7 Å². The van der Waals surface area contributed by atoms with Crippen molar-refractivity contribution in [1.82, 2.24) is 20.9 Å². The molecule has 6 amide bonds. The average molecular weight is 517 g/mol. The van der Waals surface area contributed by atoms with Crippen LogP contribution in [0, 0.1) is 0 Å². The third kappa shape index (κ3) is 3.31. The maximum Gasteiger partial charge on any atom is 0.322 e. The van der Waals surface area contributed by atoms with Gasteiger partial charge in [-0.25, -0.2) is 4.79 Å². The molecule has 1 unspecified atom stereocenters. The van der Waals surface area contributed by atoms with E-state index in [0.29, 0.717) is 34.3 Å². The van der Waals surface area contributed by atoms with Gasteiger partial charge < -0.3 is 19.4 Å². The van der Waals surface area contributed by atoms with Crippen LogP contribution in [0.3, 0.4) is 0 Å². The number of fused-ring (bicyclic) bond motifs is 2. The first-order valence-corrected chi connectivity index (χ1v) is 12.2. The van der Waals surface area contributed by atoms with Crippen molar-refractivity contribution < 1.29 is 33.1 Å². The maximum absolute atomic E-state index is 13.3. The van der Waals surface area contributed by atoms with Crippen molar-refractivity contribution in [2.45, 2.75) is 37.3 Å². The second-order valence-corrected chi connectivity index (χ2v) is 9.85. The summed E-state index contributed by atoms with van der Waals surface area (Å²) in [5, 5.41) is 7.94. The van der Waals surface area contributed by atoms with Gasteiger partial charge in [-0.15, -0.1) is 0 Å². The predicted molar refractivity (Wildman–Crippen MR) is 132 cm³/mol. The van der Waals surface area contributed by atoms with Crippen molar-refractivity contribution in [2.24, 2.45) is 0 Å². The second-order valence-electron chi connectivity index (χ2n) is 9.85. The number of carbonyl (C=O) groups excluding carboxylic acids is 5. The Kier molecular flexibility index (Phi) is 5.10. The summed E-state index contributed by atoms with van der Waals surface area (Å²) in [5.41, 5.74) is -0.378. The number of hydrogen-bond donors (Lipinski definition) is 3. The third-order valence-corrected chi connectivity index (χ3v) is 7.76. The topological polar surface area (TPSA) is 147 Å². The van der Waals surface area contributed by atoms with E-state index >= 15 is 0 Å². The summed E-state index contributed by atoms with van der Waals surface area (Å²) >= 11 is 0. The molecule has 4 heterocycles. The minimum Gasteiger partial charge on any atom is -0.497 e. The monoisotopic (exact) mass is 516 g/mol. The standard InChI is InChI=1S/C27H24N4O7/c1-3-27(24(35)29-25(36)30-27)16-5-7-19-15(8-16)9-20(38-19)26(11-21(32)28-23(26)34)13-31-12-14-4-6-17(37-2)10-18(14)22(31)33/h4-10H,3,11-13H2,1-2H3,(H,28,32,34)(H2,29,30,35,36)/t26-,27?/m1/s1. The van der Waals surface area contributed by atoms with Gasteiger partial charge in [-0.05, 0) is 47.9 Å². The average Bonchev–Trinajstić information content (AvgIpc) is 3.62. The van der Waals surface area contributed by atoms with Gasteiger partial charge in [0, 0.05) is 24.0 Å². The number of methoxy groups -OCH3 is 1. The lowest BCUT2D eigenvalue weighted by atomic mass is 9.82. The summed E-state index contributed by atoms with van der Waals surface area (Å²) < 4.78 is 11.3. The Balaban J connectivity index is 1.39. The van der Waals surface area contributed by atoms with Gasteiger partial charge >= 0.3 is 6.03 Å². The number of carbonyl (C=O) groups is 5. The first-order valence-electron chi connectivity index (χ1n) is 12.2. The highest BCUT2D eigenvalue weighted by Gasteiger charge is 2.53. The number of ether oxygens (including phenoxy) is 1. The summed E-state index contributed by atoms with van der Waals surface area (Å²) in [6, 6.07) is 11.4. The van der Waals surface area contributed by atoms with Crippen LogP contribution in [-0.2, 0) is 31.9 Å². The van der Waals surface area contributed by atoms with Gasteiger partial charge in [0.25, 0.3) is 11.8 Å². The van der Waals surface area contributed by atoms with Crippen molar-refractivity contribution in [1.29, 1.82) is 0 Å². The van der Waals surface area contributed by atoms with Crippen molar-refractivity contribution >= 4 is 40.6 Å². The number of amides is 6. The summed E-state index contributed by atoms with van der Waals surface area (Å²) in [6.45, 7) is 2.00. The Morgan fingerprint density at radius 1 is 1.00 bits per heavy atom. The maximum atomic E-state index is 13.3. The van der Waals surface area contributed by atoms with E-state index in [9.17, 15) is 24.0 Å². The zero-order valence-corrected chi connectivity index (χ0v) is 20.7. The molecule has 11 heteroatoms. The number of urea groups is 1. The smallest absolute Gasteiger partial charge is 0.322 e. The van der Waals surface area contributed by atoms with Crippen LogP contribution >= 0.6 is 0 Å². The molecular formula is C27H24N4O7. The molecule has 0 saturated carbocycles. The highest BCUT2D eigenvalue weighted by molar-refractivity contribution is 6.10. The Morgan fingerprint density at radius 3 is 2.47 bits per heavy atom. The van der Waals surface area contributed by atoms with Crippen LogP contribution in [0.1, 0.15) is 47.0 Å². The molecule has 38 heavy (non-hydrogen) atoms. The lowest BCUT2D eigenvalue weighted by Crippen LogP contribution is -2.46. The van der Waals surface area contributed by atoms with Crippen LogP contribution in [0.25, 0.3) is 11.0 Å². The molecule has 0 radical (unpaired) electrons. The van der Waals surface area contributed by atoms with Crippen molar-refractivity contribution in [3.63, 3.8) is 0 Å². The zero-order chi connectivity index (χ0) is 26.8. The molecule has 11 nitrogen and oxygen atoms in total. The second kappa shape index (κ2) is 8.17. The van der Waals surface area contributed by atoms with Crippen LogP contribution in [0.5, 0.6) is 5.75 Å². The van der Waals surface area contributed by atoms with Crippen molar-refractivity contribution in [3.05, 3.63) is 64.9 Å².